The lowest BCUT2D eigenvalue weighted by Crippen LogP contribution is -2.42. The van der Waals surface area contributed by atoms with E-state index in [0.717, 1.165) is 33.3 Å². The number of esters is 1. The molecule has 0 spiro atoms. The predicted molar refractivity (Wildman–Crippen MR) is 166 cm³/mol. The molecule has 1 heterocycles. The number of rotatable bonds is 11. The average Bonchev–Trinajstić information content (AvgIpc) is 3.02. The molecule has 0 fully saturated rings. The Hall–Kier alpha value is -4.97. The van der Waals surface area contributed by atoms with E-state index in [9.17, 15) is 9.59 Å². The van der Waals surface area contributed by atoms with E-state index < -0.39 is 5.41 Å². The van der Waals surface area contributed by atoms with Crippen LogP contribution in [0.3, 0.4) is 0 Å². The standard InChI is InChI=1S/C36H34N2O4/c1-3-42-34(39)30-18-14-27(15-19-30)24-36(23-26-9-5-4-6-10-26,25-28-16-20-31(41-2)21-17-28)35(40)38-32-13-7-11-29-12-8-22-37-33(29)32/h4-22H,3,23-25H2,1-2H3,(H,38,40). The third kappa shape index (κ3) is 6.66. The number of nitrogens with zero attached hydrogens (tertiary/aromatic N) is 1. The molecular formula is C36H34N2O4. The number of aromatic nitrogens is 1. The van der Waals surface area contributed by atoms with Gasteiger partial charge in [0.15, 0.2) is 0 Å². The number of anilines is 1. The van der Waals surface area contributed by atoms with Crippen molar-refractivity contribution in [1.82, 2.24) is 4.98 Å². The van der Waals surface area contributed by atoms with Crippen LogP contribution in [-0.4, -0.2) is 30.6 Å². The normalized spacial score (nSPS) is 12.3. The molecule has 0 aliphatic carbocycles. The second-order valence-electron chi connectivity index (χ2n) is 10.4. The Labute approximate surface area is 246 Å². The van der Waals surface area contributed by atoms with E-state index in [4.69, 9.17) is 9.47 Å². The van der Waals surface area contributed by atoms with Crippen molar-refractivity contribution < 1.29 is 19.1 Å². The summed E-state index contributed by atoms with van der Waals surface area (Å²) in [6.07, 6.45) is 3.16. The molecule has 4 aromatic carbocycles. The quantitative estimate of drug-likeness (QED) is 0.175. The van der Waals surface area contributed by atoms with Crippen molar-refractivity contribution in [2.24, 2.45) is 5.41 Å². The number of fused-ring (bicyclic) bond motifs is 1. The summed E-state index contributed by atoms with van der Waals surface area (Å²) in [5.74, 6) is 0.294. The number of ether oxygens (including phenoxy) is 2. The average molecular weight is 559 g/mol. The maximum Gasteiger partial charge on any atom is 0.338 e. The van der Waals surface area contributed by atoms with Crippen LogP contribution in [0.1, 0.15) is 34.0 Å². The predicted octanol–water partition coefficient (Wildman–Crippen LogP) is 7.07. The van der Waals surface area contributed by atoms with Crippen LogP contribution in [0, 0.1) is 5.41 Å². The van der Waals surface area contributed by atoms with Crippen molar-refractivity contribution in [2.75, 3.05) is 19.0 Å². The van der Waals surface area contributed by atoms with Gasteiger partial charge < -0.3 is 14.8 Å². The van der Waals surface area contributed by atoms with E-state index in [1.807, 2.05) is 84.9 Å². The highest BCUT2D eigenvalue weighted by molar-refractivity contribution is 6.02. The second-order valence-corrected chi connectivity index (χ2v) is 10.4. The van der Waals surface area contributed by atoms with Gasteiger partial charge in [-0.1, -0.05) is 72.8 Å². The van der Waals surface area contributed by atoms with Gasteiger partial charge in [0, 0.05) is 11.6 Å². The molecule has 1 amide bonds. The van der Waals surface area contributed by atoms with E-state index in [-0.39, 0.29) is 11.9 Å². The molecule has 42 heavy (non-hydrogen) atoms. The van der Waals surface area contributed by atoms with Crippen molar-refractivity contribution in [2.45, 2.75) is 26.2 Å². The number of hydrogen-bond acceptors (Lipinski definition) is 5. The van der Waals surface area contributed by atoms with Gasteiger partial charge in [0.1, 0.15) is 5.75 Å². The number of para-hydroxylation sites is 1. The number of carbonyl (C=O) groups excluding carboxylic acids is 2. The highest BCUT2D eigenvalue weighted by Gasteiger charge is 2.39. The van der Waals surface area contributed by atoms with Crippen LogP contribution >= 0.6 is 0 Å². The number of benzene rings is 4. The molecule has 5 rings (SSSR count). The van der Waals surface area contributed by atoms with Crippen LogP contribution in [0.25, 0.3) is 10.9 Å². The number of pyridine rings is 1. The molecule has 0 saturated heterocycles. The fraction of sp³-hybridized carbons (Fsp3) is 0.194. The van der Waals surface area contributed by atoms with Crippen molar-refractivity contribution in [3.63, 3.8) is 0 Å². The zero-order chi connectivity index (χ0) is 29.4. The lowest BCUT2D eigenvalue weighted by atomic mass is 9.71. The Kier molecular flexibility index (Phi) is 8.93. The van der Waals surface area contributed by atoms with E-state index >= 15 is 0 Å². The molecule has 6 nitrogen and oxygen atoms in total. The number of amides is 1. The molecule has 0 aliphatic heterocycles. The molecule has 212 valence electrons. The van der Waals surface area contributed by atoms with Gasteiger partial charge in [0.2, 0.25) is 5.91 Å². The summed E-state index contributed by atoms with van der Waals surface area (Å²) in [6, 6.07) is 35.0. The summed E-state index contributed by atoms with van der Waals surface area (Å²) < 4.78 is 10.5. The molecule has 5 aromatic rings. The van der Waals surface area contributed by atoms with Crippen molar-refractivity contribution in [1.29, 1.82) is 0 Å². The summed E-state index contributed by atoms with van der Waals surface area (Å²) >= 11 is 0. The first-order valence-corrected chi connectivity index (χ1v) is 14.1. The third-order valence-electron chi connectivity index (χ3n) is 7.46. The highest BCUT2D eigenvalue weighted by atomic mass is 16.5. The van der Waals surface area contributed by atoms with E-state index in [1.54, 1.807) is 32.4 Å². The zero-order valence-electron chi connectivity index (χ0n) is 23.9. The summed E-state index contributed by atoms with van der Waals surface area (Å²) in [5, 5.41) is 4.21. The fourth-order valence-corrected chi connectivity index (χ4v) is 5.37. The van der Waals surface area contributed by atoms with Gasteiger partial charge in [-0.2, -0.15) is 0 Å². The van der Waals surface area contributed by atoms with Crippen molar-refractivity contribution in [3.05, 3.63) is 138 Å². The van der Waals surface area contributed by atoms with Gasteiger partial charge in [0.25, 0.3) is 0 Å². The Morgan fingerprint density at radius 3 is 2.00 bits per heavy atom. The van der Waals surface area contributed by atoms with Gasteiger partial charge in [-0.15, -0.1) is 0 Å². The highest BCUT2D eigenvalue weighted by Crippen LogP contribution is 2.35. The third-order valence-corrected chi connectivity index (χ3v) is 7.46. The van der Waals surface area contributed by atoms with Crippen LogP contribution in [0.15, 0.2) is 115 Å². The maximum atomic E-state index is 14.6. The molecule has 1 unspecified atom stereocenters. The number of methoxy groups -OCH3 is 1. The largest absolute Gasteiger partial charge is 0.497 e. The van der Waals surface area contributed by atoms with Crippen LogP contribution in [0.4, 0.5) is 5.69 Å². The molecule has 1 N–H and O–H groups in total. The molecule has 0 radical (unpaired) electrons. The monoisotopic (exact) mass is 558 g/mol. The number of carbonyl (C=O) groups is 2. The zero-order valence-corrected chi connectivity index (χ0v) is 23.9. The molecule has 6 heteroatoms. The summed E-state index contributed by atoms with van der Waals surface area (Å²) in [5.41, 5.74) is 4.03. The van der Waals surface area contributed by atoms with Crippen molar-refractivity contribution in [3.8, 4) is 5.75 Å². The van der Waals surface area contributed by atoms with E-state index in [0.29, 0.717) is 37.1 Å². The lowest BCUT2D eigenvalue weighted by molar-refractivity contribution is -0.125. The SMILES string of the molecule is CCOC(=O)c1ccc(CC(Cc2ccccc2)(Cc2ccc(OC)cc2)C(=O)Nc2cccc3cccnc23)cc1. The van der Waals surface area contributed by atoms with Gasteiger partial charge in [-0.25, -0.2) is 4.79 Å². The van der Waals surface area contributed by atoms with Crippen LogP contribution < -0.4 is 10.1 Å². The molecule has 1 aromatic heterocycles. The van der Waals surface area contributed by atoms with E-state index in [2.05, 4.69) is 22.4 Å². The minimum atomic E-state index is -0.877. The lowest BCUT2D eigenvalue weighted by Gasteiger charge is -2.34. The minimum Gasteiger partial charge on any atom is -0.497 e. The Balaban J connectivity index is 1.58. The Morgan fingerprint density at radius 2 is 1.36 bits per heavy atom. The summed E-state index contributed by atoms with van der Waals surface area (Å²) in [4.78, 5) is 31.5. The first-order valence-electron chi connectivity index (χ1n) is 14.1. The van der Waals surface area contributed by atoms with Crippen molar-refractivity contribution >= 4 is 28.5 Å². The smallest absolute Gasteiger partial charge is 0.338 e. The first-order chi connectivity index (χ1) is 20.5. The van der Waals surface area contributed by atoms with Crippen LogP contribution in [0.5, 0.6) is 5.75 Å². The number of hydrogen-bond donors (Lipinski definition) is 1. The Morgan fingerprint density at radius 1 is 0.738 bits per heavy atom. The minimum absolute atomic E-state index is 0.102. The fourth-order valence-electron chi connectivity index (χ4n) is 5.37. The second kappa shape index (κ2) is 13.1. The molecule has 0 saturated carbocycles. The topological polar surface area (TPSA) is 77.5 Å². The van der Waals surface area contributed by atoms with Gasteiger partial charge >= 0.3 is 5.97 Å². The Bertz CT molecular complexity index is 1650. The van der Waals surface area contributed by atoms with Gasteiger partial charge in [-0.3, -0.25) is 9.78 Å². The molecule has 1 atom stereocenters. The number of nitrogens with one attached hydrogen (secondary N) is 1. The summed E-state index contributed by atoms with van der Waals surface area (Å²) in [7, 11) is 1.64. The molecule has 0 aliphatic rings. The molecule has 0 bridgehead atoms. The van der Waals surface area contributed by atoms with Gasteiger partial charge in [0.05, 0.1) is 35.9 Å². The van der Waals surface area contributed by atoms with Gasteiger partial charge in [-0.05, 0) is 79.3 Å². The maximum absolute atomic E-state index is 14.6. The van der Waals surface area contributed by atoms with E-state index in [1.165, 1.54) is 0 Å². The van der Waals surface area contributed by atoms with Crippen LogP contribution in [-0.2, 0) is 28.8 Å². The first kappa shape index (κ1) is 28.6. The van der Waals surface area contributed by atoms with Crippen LogP contribution in [0.2, 0.25) is 0 Å². The summed E-state index contributed by atoms with van der Waals surface area (Å²) in [6.45, 7) is 2.10. The molecular weight excluding hydrogens is 524 g/mol.